The molecule has 1 aliphatic heterocycles. The predicted octanol–water partition coefficient (Wildman–Crippen LogP) is 4.32. The van der Waals surface area contributed by atoms with Gasteiger partial charge in [-0.25, -0.2) is 0 Å². The molecule has 3 aromatic rings. The summed E-state index contributed by atoms with van der Waals surface area (Å²) in [6.07, 6.45) is 3.76. The highest BCUT2D eigenvalue weighted by atomic mass is 16.5. The lowest BCUT2D eigenvalue weighted by Gasteiger charge is -2.36. The number of hydrogen-bond acceptors (Lipinski definition) is 5. The van der Waals surface area contributed by atoms with Crippen molar-refractivity contribution in [3.8, 4) is 16.9 Å². The third-order valence-corrected chi connectivity index (χ3v) is 5.96. The first-order valence-corrected chi connectivity index (χ1v) is 10.9. The number of methoxy groups -OCH3 is 1. The zero-order valence-electron chi connectivity index (χ0n) is 18.3. The van der Waals surface area contributed by atoms with Gasteiger partial charge in [-0.3, -0.25) is 9.78 Å². The van der Waals surface area contributed by atoms with Crippen molar-refractivity contribution in [2.45, 2.75) is 13.3 Å². The van der Waals surface area contributed by atoms with Crippen LogP contribution in [-0.4, -0.2) is 55.5 Å². The minimum atomic E-state index is 0.0503. The van der Waals surface area contributed by atoms with Gasteiger partial charge < -0.3 is 14.5 Å². The number of carbonyl (C=O) groups excluding carboxylic acids is 1. The molecule has 2 aromatic carbocycles. The van der Waals surface area contributed by atoms with Crippen molar-refractivity contribution >= 4 is 11.5 Å². The van der Waals surface area contributed by atoms with E-state index in [0.29, 0.717) is 17.7 Å². The van der Waals surface area contributed by atoms with E-state index in [1.54, 1.807) is 19.5 Å². The molecule has 0 N–H and O–H groups in total. The molecule has 1 aromatic heterocycles. The molecule has 0 bridgehead atoms. The van der Waals surface area contributed by atoms with Gasteiger partial charge in [0.2, 0.25) is 0 Å². The maximum Gasteiger partial charge on any atom is 0.171 e. The standard InChI is InChI=1S/C26H29N3O2/c1-3-28-13-15-29(16-14-28)22-18-23(21-7-5-4-6-8-21)26(31-2)24(19-22)25(30)17-20-9-11-27-12-10-20/h4-12,18-19H,3,13-17H2,1-2H3. The average molecular weight is 416 g/mol. The van der Waals surface area contributed by atoms with Crippen LogP contribution in [0.15, 0.2) is 67.0 Å². The van der Waals surface area contributed by atoms with Gasteiger partial charge in [-0.2, -0.15) is 0 Å². The van der Waals surface area contributed by atoms with Crippen molar-refractivity contribution in [3.63, 3.8) is 0 Å². The first-order chi connectivity index (χ1) is 15.2. The van der Waals surface area contributed by atoms with Crippen molar-refractivity contribution in [1.29, 1.82) is 0 Å². The Kier molecular flexibility index (Phi) is 6.63. The maximum atomic E-state index is 13.4. The molecule has 5 nitrogen and oxygen atoms in total. The number of rotatable bonds is 7. The third kappa shape index (κ3) is 4.78. The van der Waals surface area contributed by atoms with Crippen molar-refractivity contribution < 1.29 is 9.53 Å². The molecule has 4 rings (SSSR count). The molecule has 1 fully saturated rings. The van der Waals surface area contributed by atoms with E-state index in [9.17, 15) is 4.79 Å². The van der Waals surface area contributed by atoms with Gasteiger partial charge in [-0.15, -0.1) is 0 Å². The Balaban J connectivity index is 1.76. The first kappa shape index (κ1) is 21.1. The normalized spacial score (nSPS) is 14.5. The number of benzene rings is 2. The van der Waals surface area contributed by atoms with Crippen LogP contribution in [-0.2, 0) is 6.42 Å². The highest BCUT2D eigenvalue weighted by Crippen LogP contribution is 2.38. The van der Waals surface area contributed by atoms with Gasteiger partial charge in [0.15, 0.2) is 5.78 Å². The van der Waals surface area contributed by atoms with Crippen molar-refractivity contribution in [3.05, 3.63) is 78.1 Å². The van der Waals surface area contributed by atoms with Crippen LogP contribution < -0.4 is 9.64 Å². The Morgan fingerprint density at radius 3 is 2.35 bits per heavy atom. The van der Waals surface area contributed by atoms with Crippen LogP contribution in [0.3, 0.4) is 0 Å². The molecule has 0 amide bonds. The van der Waals surface area contributed by atoms with Crippen LogP contribution in [0.25, 0.3) is 11.1 Å². The number of aromatic nitrogens is 1. The van der Waals surface area contributed by atoms with E-state index in [0.717, 1.165) is 55.1 Å². The Hall–Kier alpha value is -3.18. The van der Waals surface area contributed by atoms with Crippen LogP contribution in [0.5, 0.6) is 5.75 Å². The molecule has 0 unspecified atom stereocenters. The molecule has 160 valence electrons. The summed E-state index contributed by atoms with van der Waals surface area (Å²) in [5.74, 6) is 0.690. The Labute approximate surface area is 184 Å². The van der Waals surface area contributed by atoms with Crippen LogP contribution in [0, 0.1) is 0 Å². The summed E-state index contributed by atoms with van der Waals surface area (Å²) >= 11 is 0. The maximum absolute atomic E-state index is 13.4. The lowest BCUT2D eigenvalue weighted by Crippen LogP contribution is -2.46. The Morgan fingerprint density at radius 2 is 1.71 bits per heavy atom. The van der Waals surface area contributed by atoms with Crippen LogP contribution in [0.2, 0.25) is 0 Å². The number of likely N-dealkylation sites (N-methyl/N-ethyl adjacent to an activating group) is 1. The lowest BCUT2D eigenvalue weighted by atomic mass is 9.95. The fourth-order valence-electron chi connectivity index (χ4n) is 4.16. The van der Waals surface area contributed by atoms with E-state index in [1.165, 1.54) is 0 Å². The smallest absolute Gasteiger partial charge is 0.171 e. The van der Waals surface area contributed by atoms with Gasteiger partial charge in [-0.1, -0.05) is 37.3 Å². The summed E-state index contributed by atoms with van der Waals surface area (Å²) in [4.78, 5) is 22.3. The number of piperazine rings is 1. The molecule has 0 radical (unpaired) electrons. The quantitative estimate of drug-likeness (QED) is 0.538. The molecule has 5 heteroatoms. The number of pyridine rings is 1. The van der Waals surface area contributed by atoms with Gasteiger partial charge >= 0.3 is 0 Å². The fraction of sp³-hybridized carbons (Fsp3) is 0.308. The highest BCUT2D eigenvalue weighted by Gasteiger charge is 2.23. The molecule has 0 atom stereocenters. The zero-order valence-corrected chi connectivity index (χ0v) is 18.3. The summed E-state index contributed by atoms with van der Waals surface area (Å²) in [5.41, 5.74) is 4.66. The van der Waals surface area contributed by atoms with E-state index in [4.69, 9.17) is 4.74 Å². The zero-order chi connectivity index (χ0) is 21.6. The summed E-state index contributed by atoms with van der Waals surface area (Å²) < 4.78 is 5.81. The minimum absolute atomic E-state index is 0.0503. The second-order valence-corrected chi connectivity index (χ2v) is 7.82. The molecule has 31 heavy (non-hydrogen) atoms. The number of ketones is 1. The predicted molar refractivity (Wildman–Crippen MR) is 125 cm³/mol. The number of carbonyl (C=O) groups is 1. The van der Waals surface area contributed by atoms with Gasteiger partial charge in [0.05, 0.1) is 12.7 Å². The Morgan fingerprint density at radius 1 is 1.00 bits per heavy atom. The third-order valence-electron chi connectivity index (χ3n) is 5.96. The molecule has 0 saturated carbocycles. The van der Waals surface area contributed by atoms with Crippen LogP contribution in [0.1, 0.15) is 22.8 Å². The number of ether oxygens (including phenoxy) is 1. The highest BCUT2D eigenvalue weighted by molar-refractivity contribution is 6.03. The minimum Gasteiger partial charge on any atom is -0.495 e. The topological polar surface area (TPSA) is 45.7 Å². The molecule has 0 aliphatic carbocycles. The largest absolute Gasteiger partial charge is 0.495 e. The second kappa shape index (κ2) is 9.75. The van der Waals surface area contributed by atoms with E-state index in [1.807, 2.05) is 36.4 Å². The van der Waals surface area contributed by atoms with E-state index >= 15 is 0 Å². The molecule has 1 saturated heterocycles. The second-order valence-electron chi connectivity index (χ2n) is 7.82. The van der Waals surface area contributed by atoms with Crippen molar-refractivity contribution in [1.82, 2.24) is 9.88 Å². The molecule has 2 heterocycles. The number of hydrogen-bond donors (Lipinski definition) is 0. The fourth-order valence-corrected chi connectivity index (χ4v) is 4.16. The van der Waals surface area contributed by atoms with Crippen molar-refractivity contribution in [2.24, 2.45) is 0 Å². The van der Waals surface area contributed by atoms with E-state index in [2.05, 4.69) is 39.9 Å². The van der Waals surface area contributed by atoms with Crippen molar-refractivity contribution in [2.75, 3.05) is 44.7 Å². The lowest BCUT2D eigenvalue weighted by molar-refractivity contribution is 0.0990. The summed E-state index contributed by atoms with van der Waals surface area (Å²) in [6.45, 7) is 7.24. The van der Waals surface area contributed by atoms with Gasteiger partial charge in [0, 0.05) is 56.2 Å². The average Bonchev–Trinajstić information content (AvgIpc) is 2.84. The molecular formula is C26H29N3O2. The Bertz CT molecular complexity index is 1010. The molecule has 0 spiro atoms. The van der Waals surface area contributed by atoms with Crippen LogP contribution >= 0.6 is 0 Å². The first-order valence-electron chi connectivity index (χ1n) is 10.9. The molecule has 1 aliphatic rings. The van der Waals surface area contributed by atoms with E-state index < -0.39 is 0 Å². The van der Waals surface area contributed by atoms with Gasteiger partial charge in [0.25, 0.3) is 0 Å². The summed E-state index contributed by atoms with van der Waals surface area (Å²) in [6, 6.07) is 18.1. The summed E-state index contributed by atoms with van der Waals surface area (Å²) in [7, 11) is 1.64. The molecular weight excluding hydrogens is 386 g/mol. The van der Waals surface area contributed by atoms with E-state index in [-0.39, 0.29) is 5.78 Å². The monoisotopic (exact) mass is 415 g/mol. The van der Waals surface area contributed by atoms with Crippen LogP contribution in [0.4, 0.5) is 5.69 Å². The SMILES string of the molecule is CCN1CCN(c2cc(C(=O)Cc3ccncc3)c(OC)c(-c3ccccc3)c2)CC1. The number of nitrogens with zero attached hydrogens (tertiary/aromatic N) is 3. The number of Topliss-reactive ketones (excluding diaryl/α,β-unsaturated/α-hetero) is 1. The summed E-state index contributed by atoms with van der Waals surface area (Å²) in [5, 5.41) is 0. The number of anilines is 1. The van der Waals surface area contributed by atoms with Gasteiger partial charge in [0.1, 0.15) is 5.75 Å². The van der Waals surface area contributed by atoms with Gasteiger partial charge in [-0.05, 0) is 41.9 Å².